The Bertz CT molecular complexity index is 387. The largest absolute Gasteiger partial charge is 0.412 e. The summed E-state index contributed by atoms with van der Waals surface area (Å²) in [5.74, 6) is 0.372. The van der Waals surface area contributed by atoms with Gasteiger partial charge in [-0.3, -0.25) is 0 Å². The molecule has 0 fully saturated rings. The number of halogens is 1. The van der Waals surface area contributed by atoms with Crippen LogP contribution in [0.25, 0.3) is 0 Å². The van der Waals surface area contributed by atoms with Crippen LogP contribution in [0, 0.1) is 11.3 Å². The molecular formula is C10H9ClN2O2. The van der Waals surface area contributed by atoms with Crippen molar-refractivity contribution in [1.29, 1.82) is 5.26 Å². The van der Waals surface area contributed by atoms with Crippen molar-refractivity contribution in [2.75, 3.05) is 6.54 Å². The van der Waals surface area contributed by atoms with Gasteiger partial charge in [-0.1, -0.05) is 17.7 Å². The molecule has 1 amide bonds. The summed E-state index contributed by atoms with van der Waals surface area (Å²) in [5, 5.41) is 11.2. The van der Waals surface area contributed by atoms with Crippen LogP contribution in [0.15, 0.2) is 24.3 Å². The summed E-state index contributed by atoms with van der Waals surface area (Å²) >= 11 is 5.70. The van der Waals surface area contributed by atoms with Crippen molar-refractivity contribution in [3.63, 3.8) is 0 Å². The molecule has 4 nitrogen and oxygen atoms in total. The van der Waals surface area contributed by atoms with Gasteiger partial charge < -0.3 is 10.1 Å². The lowest BCUT2D eigenvalue weighted by atomic mass is 10.3. The molecule has 0 atom stereocenters. The fraction of sp³-hybridized carbons (Fsp3) is 0.200. The van der Waals surface area contributed by atoms with Crippen LogP contribution in [-0.2, 0) is 0 Å². The van der Waals surface area contributed by atoms with Gasteiger partial charge in [0.25, 0.3) is 0 Å². The van der Waals surface area contributed by atoms with E-state index in [2.05, 4.69) is 5.32 Å². The molecule has 0 aliphatic carbocycles. The maximum absolute atomic E-state index is 11.1. The van der Waals surface area contributed by atoms with Crippen LogP contribution in [0.5, 0.6) is 5.75 Å². The Morgan fingerprint density at radius 1 is 1.60 bits per heavy atom. The van der Waals surface area contributed by atoms with E-state index in [1.807, 2.05) is 6.07 Å². The Morgan fingerprint density at radius 2 is 2.40 bits per heavy atom. The molecule has 0 aromatic heterocycles. The van der Waals surface area contributed by atoms with Gasteiger partial charge in [0.15, 0.2) is 0 Å². The molecule has 0 heterocycles. The van der Waals surface area contributed by atoms with Gasteiger partial charge >= 0.3 is 6.09 Å². The molecular weight excluding hydrogens is 216 g/mol. The number of rotatable bonds is 3. The average Bonchev–Trinajstić information content (AvgIpc) is 2.18. The Hall–Kier alpha value is -1.73. The van der Waals surface area contributed by atoms with E-state index >= 15 is 0 Å². The number of ether oxygens (including phenoxy) is 1. The Labute approximate surface area is 92.4 Å². The van der Waals surface area contributed by atoms with Gasteiger partial charge in [-0.25, -0.2) is 4.79 Å². The van der Waals surface area contributed by atoms with Gasteiger partial charge in [0.2, 0.25) is 0 Å². The average molecular weight is 225 g/mol. The van der Waals surface area contributed by atoms with Crippen molar-refractivity contribution >= 4 is 17.7 Å². The van der Waals surface area contributed by atoms with Crippen LogP contribution in [0.4, 0.5) is 4.79 Å². The summed E-state index contributed by atoms with van der Waals surface area (Å²) in [5.41, 5.74) is 0. The predicted molar refractivity (Wildman–Crippen MR) is 55.7 cm³/mol. The number of nitrogens with zero attached hydrogens (tertiary/aromatic N) is 1. The number of carbonyl (C=O) groups excluding carboxylic acids is 1. The Morgan fingerprint density at radius 3 is 3.07 bits per heavy atom. The molecule has 1 rings (SSSR count). The molecule has 0 radical (unpaired) electrons. The van der Waals surface area contributed by atoms with Crippen LogP contribution < -0.4 is 10.1 Å². The molecule has 1 aromatic carbocycles. The predicted octanol–water partition coefficient (Wildman–Crippen LogP) is 2.34. The van der Waals surface area contributed by atoms with Crippen molar-refractivity contribution in [2.45, 2.75) is 6.42 Å². The Balaban J connectivity index is 2.42. The monoisotopic (exact) mass is 224 g/mol. The third-order valence-corrected chi connectivity index (χ3v) is 1.75. The second-order valence-electron chi connectivity index (χ2n) is 2.68. The normalized spacial score (nSPS) is 9.07. The van der Waals surface area contributed by atoms with Gasteiger partial charge in [0.05, 0.1) is 12.5 Å². The molecule has 1 aromatic rings. The maximum atomic E-state index is 11.1. The number of hydrogen-bond donors (Lipinski definition) is 1. The van der Waals surface area contributed by atoms with Crippen LogP contribution in [0.2, 0.25) is 5.02 Å². The van der Waals surface area contributed by atoms with Crippen LogP contribution >= 0.6 is 11.6 Å². The lowest BCUT2D eigenvalue weighted by Crippen LogP contribution is -2.27. The van der Waals surface area contributed by atoms with Gasteiger partial charge in [-0.2, -0.15) is 5.26 Å². The summed E-state index contributed by atoms with van der Waals surface area (Å²) in [7, 11) is 0. The summed E-state index contributed by atoms with van der Waals surface area (Å²) in [4.78, 5) is 11.1. The number of nitrogens with one attached hydrogen (secondary N) is 1. The van der Waals surface area contributed by atoms with E-state index in [0.717, 1.165) is 0 Å². The summed E-state index contributed by atoms with van der Waals surface area (Å²) in [6.45, 7) is 0.274. The highest BCUT2D eigenvalue weighted by Gasteiger charge is 2.02. The summed E-state index contributed by atoms with van der Waals surface area (Å²) in [6, 6.07) is 8.42. The van der Waals surface area contributed by atoms with E-state index in [4.69, 9.17) is 21.6 Å². The molecule has 15 heavy (non-hydrogen) atoms. The third-order valence-electron chi connectivity index (χ3n) is 1.51. The highest BCUT2D eigenvalue weighted by atomic mass is 35.5. The first-order valence-electron chi connectivity index (χ1n) is 4.30. The first-order valence-corrected chi connectivity index (χ1v) is 4.68. The van der Waals surface area contributed by atoms with Crippen molar-refractivity contribution in [3.8, 4) is 11.8 Å². The number of nitriles is 1. The zero-order valence-electron chi connectivity index (χ0n) is 7.87. The molecule has 0 aliphatic rings. The molecule has 1 N–H and O–H groups in total. The minimum atomic E-state index is -0.590. The van der Waals surface area contributed by atoms with Crippen molar-refractivity contribution in [2.24, 2.45) is 0 Å². The number of amides is 1. The van der Waals surface area contributed by atoms with Gasteiger partial charge in [-0.05, 0) is 18.2 Å². The molecule has 5 heteroatoms. The minimum Gasteiger partial charge on any atom is -0.410 e. The van der Waals surface area contributed by atoms with E-state index in [-0.39, 0.29) is 13.0 Å². The second-order valence-corrected chi connectivity index (χ2v) is 3.12. The number of benzene rings is 1. The van der Waals surface area contributed by atoms with Crippen LogP contribution in [0.1, 0.15) is 6.42 Å². The maximum Gasteiger partial charge on any atom is 0.412 e. The molecule has 0 saturated heterocycles. The molecule has 0 bridgehead atoms. The van der Waals surface area contributed by atoms with Gasteiger partial charge in [0.1, 0.15) is 5.75 Å². The van der Waals surface area contributed by atoms with E-state index in [9.17, 15) is 4.79 Å². The lowest BCUT2D eigenvalue weighted by Gasteiger charge is -2.04. The fourth-order valence-corrected chi connectivity index (χ4v) is 1.07. The highest BCUT2D eigenvalue weighted by Crippen LogP contribution is 2.16. The quantitative estimate of drug-likeness (QED) is 0.802. The molecule has 0 unspecified atom stereocenters. The lowest BCUT2D eigenvalue weighted by molar-refractivity contribution is 0.201. The number of carbonyl (C=O) groups is 1. The topological polar surface area (TPSA) is 62.1 Å². The van der Waals surface area contributed by atoms with E-state index in [1.165, 1.54) is 6.07 Å². The Kier molecular flexibility index (Phi) is 4.45. The van der Waals surface area contributed by atoms with Crippen LogP contribution in [0.3, 0.4) is 0 Å². The molecule has 0 spiro atoms. The fourth-order valence-electron chi connectivity index (χ4n) is 0.894. The minimum absolute atomic E-state index is 0.255. The molecule has 0 aliphatic heterocycles. The molecule has 78 valence electrons. The zero-order valence-corrected chi connectivity index (χ0v) is 8.62. The smallest absolute Gasteiger partial charge is 0.410 e. The third kappa shape index (κ3) is 4.34. The standard InChI is InChI=1S/C10H9ClN2O2/c11-8-3-1-4-9(7-8)15-10(14)13-6-2-5-12/h1,3-4,7H,2,6H2,(H,13,14). The van der Waals surface area contributed by atoms with Crippen molar-refractivity contribution < 1.29 is 9.53 Å². The summed E-state index contributed by atoms with van der Waals surface area (Å²) < 4.78 is 4.90. The first-order chi connectivity index (χ1) is 7.22. The number of hydrogen-bond acceptors (Lipinski definition) is 3. The van der Waals surface area contributed by atoms with E-state index in [0.29, 0.717) is 10.8 Å². The summed E-state index contributed by atoms with van der Waals surface area (Å²) in [6.07, 6.45) is -0.336. The van der Waals surface area contributed by atoms with Gasteiger partial charge in [0, 0.05) is 11.6 Å². The van der Waals surface area contributed by atoms with Crippen molar-refractivity contribution in [3.05, 3.63) is 29.3 Å². The molecule has 0 saturated carbocycles. The van der Waals surface area contributed by atoms with E-state index < -0.39 is 6.09 Å². The highest BCUT2D eigenvalue weighted by molar-refractivity contribution is 6.30. The zero-order chi connectivity index (χ0) is 11.1. The first kappa shape index (κ1) is 11.3. The van der Waals surface area contributed by atoms with Crippen molar-refractivity contribution in [1.82, 2.24) is 5.32 Å². The van der Waals surface area contributed by atoms with Crippen LogP contribution in [-0.4, -0.2) is 12.6 Å². The van der Waals surface area contributed by atoms with E-state index in [1.54, 1.807) is 18.2 Å². The SMILES string of the molecule is N#CCCNC(=O)Oc1cccc(Cl)c1. The second kappa shape index (κ2) is 5.89. The van der Waals surface area contributed by atoms with Gasteiger partial charge in [-0.15, -0.1) is 0 Å².